The fraction of sp³-hybridized carbons (Fsp3) is 1.00. The molecule has 2 aliphatic heterocycles. The minimum Gasteiger partial charge on any atom is -0.348 e. The molecule has 18 heavy (non-hydrogen) atoms. The lowest BCUT2D eigenvalue weighted by atomic mass is 9.75. The Labute approximate surface area is 110 Å². The molecule has 2 saturated heterocycles. The van der Waals surface area contributed by atoms with Gasteiger partial charge in [0.1, 0.15) is 0 Å². The predicted octanol–water partition coefficient (Wildman–Crippen LogP) is 1.36. The van der Waals surface area contributed by atoms with E-state index in [-0.39, 0.29) is 5.79 Å². The average Bonchev–Trinajstić information content (AvgIpc) is 2.90. The number of piperazine rings is 1. The van der Waals surface area contributed by atoms with Crippen LogP contribution in [-0.2, 0) is 9.47 Å². The van der Waals surface area contributed by atoms with Crippen molar-refractivity contribution in [2.24, 2.45) is 0 Å². The molecule has 4 heteroatoms. The first-order valence-corrected chi connectivity index (χ1v) is 7.52. The molecule has 1 N–H and O–H groups in total. The Kier molecular flexibility index (Phi) is 3.63. The van der Waals surface area contributed by atoms with Crippen molar-refractivity contribution in [3.8, 4) is 0 Å². The van der Waals surface area contributed by atoms with Crippen LogP contribution in [0.1, 0.15) is 39.0 Å². The lowest BCUT2D eigenvalue weighted by Crippen LogP contribution is -2.59. The molecule has 0 unspecified atom stereocenters. The Balaban J connectivity index is 1.66. The van der Waals surface area contributed by atoms with E-state index in [1.807, 2.05) is 0 Å². The fourth-order valence-electron chi connectivity index (χ4n) is 3.91. The summed E-state index contributed by atoms with van der Waals surface area (Å²) in [6.07, 6.45) is 5.85. The molecule has 4 nitrogen and oxygen atoms in total. The van der Waals surface area contributed by atoms with Crippen LogP contribution in [-0.4, -0.2) is 55.6 Å². The van der Waals surface area contributed by atoms with E-state index in [2.05, 4.69) is 17.1 Å². The van der Waals surface area contributed by atoms with Crippen LogP contribution in [0.25, 0.3) is 0 Å². The summed E-state index contributed by atoms with van der Waals surface area (Å²) in [5, 5.41) is 3.45. The number of hydrogen-bond donors (Lipinski definition) is 1. The van der Waals surface area contributed by atoms with Crippen molar-refractivity contribution < 1.29 is 9.47 Å². The van der Waals surface area contributed by atoms with Crippen LogP contribution in [0.2, 0.25) is 0 Å². The second-order valence-corrected chi connectivity index (χ2v) is 5.92. The van der Waals surface area contributed by atoms with Gasteiger partial charge in [-0.25, -0.2) is 0 Å². The van der Waals surface area contributed by atoms with E-state index in [1.54, 1.807) is 0 Å². The molecule has 0 aromatic carbocycles. The second-order valence-electron chi connectivity index (χ2n) is 5.92. The highest BCUT2D eigenvalue weighted by Crippen LogP contribution is 2.44. The molecule has 0 aromatic heterocycles. The van der Waals surface area contributed by atoms with E-state index in [0.29, 0.717) is 5.54 Å². The molecule has 3 fully saturated rings. The third-order valence-electron chi connectivity index (χ3n) is 5.20. The van der Waals surface area contributed by atoms with Gasteiger partial charge in [-0.2, -0.15) is 0 Å². The molecule has 1 aliphatic carbocycles. The zero-order valence-corrected chi connectivity index (χ0v) is 11.5. The van der Waals surface area contributed by atoms with E-state index in [1.165, 1.54) is 32.4 Å². The van der Waals surface area contributed by atoms with Gasteiger partial charge >= 0.3 is 0 Å². The summed E-state index contributed by atoms with van der Waals surface area (Å²) in [5.41, 5.74) is 0.405. The number of nitrogens with zero attached hydrogens (tertiary/aromatic N) is 1. The lowest BCUT2D eigenvalue weighted by molar-refractivity contribution is -0.195. The maximum atomic E-state index is 5.85. The Morgan fingerprint density at radius 2 is 1.61 bits per heavy atom. The van der Waals surface area contributed by atoms with Crippen LogP contribution >= 0.6 is 0 Å². The molecule has 0 aromatic rings. The summed E-state index contributed by atoms with van der Waals surface area (Å²) in [7, 11) is 0. The summed E-state index contributed by atoms with van der Waals surface area (Å²) in [6, 6.07) is 0. The Morgan fingerprint density at radius 1 is 1.00 bits per heavy atom. The number of ether oxygens (including phenoxy) is 2. The van der Waals surface area contributed by atoms with Gasteiger partial charge in [-0.15, -0.1) is 0 Å². The summed E-state index contributed by atoms with van der Waals surface area (Å²) >= 11 is 0. The molecule has 0 bridgehead atoms. The van der Waals surface area contributed by atoms with Crippen molar-refractivity contribution in [1.29, 1.82) is 0 Å². The highest BCUT2D eigenvalue weighted by molar-refractivity contribution is 4.98. The van der Waals surface area contributed by atoms with Crippen molar-refractivity contribution in [2.45, 2.75) is 50.4 Å². The van der Waals surface area contributed by atoms with Gasteiger partial charge in [0.2, 0.25) is 0 Å². The van der Waals surface area contributed by atoms with Crippen molar-refractivity contribution in [2.75, 3.05) is 39.4 Å². The lowest BCUT2D eigenvalue weighted by Gasteiger charge is -2.51. The average molecular weight is 254 g/mol. The van der Waals surface area contributed by atoms with Gasteiger partial charge in [-0.1, -0.05) is 6.92 Å². The quantitative estimate of drug-likeness (QED) is 0.807. The van der Waals surface area contributed by atoms with Crippen molar-refractivity contribution >= 4 is 0 Å². The van der Waals surface area contributed by atoms with Gasteiger partial charge in [0.15, 0.2) is 5.79 Å². The zero-order valence-electron chi connectivity index (χ0n) is 11.5. The molecule has 1 spiro atoms. The first-order chi connectivity index (χ1) is 8.79. The zero-order chi connectivity index (χ0) is 12.5. The topological polar surface area (TPSA) is 33.7 Å². The summed E-state index contributed by atoms with van der Waals surface area (Å²) in [6.45, 7) is 8.58. The maximum absolute atomic E-state index is 5.85. The molecular weight excluding hydrogens is 228 g/mol. The van der Waals surface area contributed by atoms with E-state index in [9.17, 15) is 0 Å². The molecule has 1 saturated carbocycles. The first kappa shape index (κ1) is 12.9. The number of hydrogen-bond acceptors (Lipinski definition) is 4. The summed E-state index contributed by atoms with van der Waals surface area (Å²) in [5.74, 6) is -0.216. The van der Waals surface area contributed by atoms with Gasteiger partial charge in [-0.3, -0.25) is 4.90 Å². The fourth-order valence-corrected chi connectivity index (χ4v) is 3.91. The van der Waals surface area contributed by atoms with Crippen molar-refractivity contribution in [3.63, 3.8) is 0 Å². The first-order valence-electron chi connectivity index (χ1n) is 7.52. The smallest absolute Gasteiger partial charge is 0.168 e. The SMILES string of the molecule is CCC1(N2CCNCC2)CCC2(CC1)OCCO2. The molecule has 0 radical (unpaired) electrons. The largest absolute Gasteiger partial charge is 0.348 e. The minimum absolute atomic E-state index is 0.216. The Hall–Kier alpha value is -0.160. The summed E-state index contributed by atoms with van der Waals surface area (Å²) < 4.78 is 11.7. The normalized spacial score (nSPS) is 31.8. The Bertz CT molecular complexity index is 274. The highest BCUT2D eigenvalue weighted by atomic mass is 16.7. The van der Waals surface area contributed by atoms with Crippen molar-refractivity contribution in [1.82, 2.24) is 10.2 Å². The van der Waals surface area contributed by atoms with Crippen LogP contribution < -0.4 is 5.32 Å². The van der Waals surface area contributed by atoms with Crippen LogP contribution in [0, 0.1) is 0 Å². The molecular formula is C14H26N2O2. The molecule has 0 amide bonds. The van der Waals surface area contributed by atoms with Gasteiger partial charge in [0.25, 0.3) is 0 Å². The standard InChI is InChI=1S/C14H26N2O2/c1-2-13(16-9-7-15-8-10-16)3-5-14(6-4-13)17-11-12-18-14/h15H,2-12H2,1H3. The second kappa shape index (κ2) is 5.08. The molecule has 3 rings (SSSR count). The predicted molar refractivity (Wildman–Crippen MR) is 70.6 cm³/mol. The monoisotopic (exact) mass is 254 g/mol. The highest BCUT2D eigenvalue weighted by Gasteiger charge is 2.47. The van der Waals surface area contributed by atoms with Gasteiger partial charge in [0, 0.05) is 44.6 Å². The van der Waals surface area contributed by atoms with E-state index >= 15 is 0 Å². The minimum atomic E-state index is -0.216. The Morgan fingerprint density at radius 3 is 2.17 bits per heavy atom. The number of nitrogens with one attached hydrogen (secondary N) is 1. The van der Waals surface area contributed by atoms with E-state index < -0.39 is 0 Å². The molecule has 0 atom stereocenters. The van der Waals surface area contributed by atoms with Gasteiger partial charge in [-0.05, 0) is 19.3 Å². The third kappa shape index (κ3) is 2.20. The van der Waals surface area contributed by atoms with Crippen molar-refractivity contribution in [3.05, 3.63) is 0 Å². The molecule has 3 aliphatic rings. The summed E-state index contributed by atoms with van der Waals surface area (Å²) in [4.78, 5) is 2.71. The number of rotatable bonds is 2. The molecule has 2 heterocycles. The van der Waals surface area contributed by atoms with Gasteiger partial charge in [0.05, 0.1) is 13.2 Å². The third-order valence-corrected chi connectivity index (χ3v) is 5.20. The van der Waals surface area contributed by atoms with Crippen LogP contribution in [0.5, 0.6) is 0 Å². The van der Waals surface area contributed by atoms with Crippen LogP contribution in [0.3, 0.4) is 0 Å². The van der Waals surface area contributed by atoms with E-state index in [4.69, 9.17) is 9.47 Å². The maximum Gasteiger partial charge on any atom is 0.168 e. The van der Waals surface area contributed by atoms with Crippen LogP contribution in [0.15, 0.2) is 0 Å². The van der Waals surface area contributed by atoms with Crippen LogP contribution in [0.4, 0.5) is 0 Å². The van der Waals surface area contributed by atoms with Gasteiger partial charge < -0.3 is 14.8 Å². The molecule has 104 valence electrons. The van der Waals surface area contributed by atoms with E-state index in [0.717, 1.165) is 39.1 Å².